The Hall–Kier alpha value is -2.38. The summed E-state index contributed by atoms with van der Waals surface area (Å²) < 4.78 is 6.03. The van der Waals surface area contributed by atoms with Crippen molar-refractivity contribution in [2.24, 2.45) is 5.92 Å². The van der Waals surface area contributed by atoms with Gasteiger partial charge < -0.3 is 25.2 Å². The maximum atomic E-state index is 12.9. The van der Waals surface area contributed by atoms with Gasteiger partial charge in [-0.1, -0.05) is 18.2 Å². The first kappa shape index (κ1) is 19.0. The summed E-state index contributed by atoms with van der Waals surface area (Å²) >= 11 is 0. The molecule has 28 heavy (non-hydrogen) atoms. The van der Waals surface area contributed by atoms with Crippen molar-refractivity contribution in [3.05, 3.63) is 41.5 Å². The van der Waals surface area contributed by atoms with Crippen molar-refractivity contribution in [1.29, 1.82) is 0 Å². The van der Waals surface area contributed by atoms with E-state index in [2.05, 4.69) is 5.32 Å². The molecule has 0 spiro atoms. The van der Waals surface area contributed by atoms with Crippen LogP contribution in [-0.4, -0.2) is 64.9 Å². The summed E-state index contributed by atoms with van der Waals surface area (Å²) in [5.41, 5.74) is 1.33. The zero-order valence-corrected chi connectivity index (χ0v) is 15.9. The van der Waals surface area contributed by atoms with Gasteiger partial charge in [0.2, 0.25) is 11.8 Å². The Kier molecular flexibility index (Phi) is 5.12. The number of hydrogen-bond donors (Lipinski definition) is 3. The summed E-state index contributed by atoms with van der Waals surface area (Å²) in [6.45, 7) is 2.05. The fourth-order valence-electron chi connectivity index (χ4n) is 4.23. The van der Waals surface area contributed by atoms with Crippen molar-refractivity contribution in [3.63, 3.8) is 0 Å². The molecule has 1 saturated carbocycles. The molecule has 4 atom stereocenters. The van der Waals surface area contributed by atoms with Crippen molar-refractivity contribution in [2.75, 3.05) is 19.7 Å². The molecule has 7 heteroatoms. The van der Waals surface area contributed by atoms with E-state index >= 15 is 0 Å². The van der Waals surface area contributed by atoms with E-state index in [9.17, 15) is 14.7 Å². The van der Waals surface area contributed by atoms with Gasteiger partial charge in [0.15, 0.2) is 0 Å². The lowest BCUT2D eigenvalue weighted by Crippen LogP contribution is -2.55. The second kappa shape index (κ2) is 7.56. The Morgan fingerprint density at radius 1 is 1.29 bits per heavy atom. The molecule has 2 aliphatic carbocycles. The van der Waals surface area contributed by atoms with Crippen molar-refractivity contribution in [2.45, 2.75) is 43.9 Å². The van der Waals surface area contributed by atoms with E-state index in [0.29, 0.717) is 23.8 Å². The van der Waals surface area contributed by atoms with Crippen LogP contribution < -0.4 is 10.1 Å². The maximum Gasteiger partial charge on any atom is 0.247 e. The minimum atomic E-state index is -0.936. The molecular weight excluding hydrogens is 360 g/mol. The van der Waals surface area contributed by atoms with Crippen LogP contribution >= 0.6 is 0 Å². The number of carbonyl (C=O) groups excluding carboxylic acids is 2. The molecule has 7 nitrogen and oxygen atoms in total. The highest BCUT2D eigenvalue weighted by Crippen LogP contribution is 2.47. The third-order valence-corrected chi connectivity index (χ3v) is 5.79. The number of rotatable bonds is 6. The van der Waals surface area contributed by atoms with Gasteiger partial charge in [0.1, 0.15) is 18.0 Å². The monoisotopic (exact) mass is 386 g/mol. The zero-order valence-electron chi connectivity index (χ0n) is 15.9. The van der Waals surface area contributed by atoms with Gasteiger partial charge in [-0.15, -0.1) is 0 Å². The van der Waals surface area contributed by atoms with Crippen molar-refractivity contribution < 1.29 is 24.5 Å². The highest BCUT2D eigenvalue weighted by Gasteiger charge is 2.50. The summed E-state index contributed by atoms with van der Waals surface area (Å²) in [4.78, 5) is 26.8. The second-order valence-corrected chi connectivity index (χ2v) is 7.80. The van der Waals surface area contributed by atoms with Crippen LogP contribution in [0, 0.1) is 5.92 Å². The molecule has 4 rings (SSSR count). The lowest BCUT2D eigenvalue weighted by molar-refractivity contribution is -0.135. The second-order valence-electron chi connectivity index (χ2n) is 7.80. The number of ether oxygens (including phenoxy) is 1. The van der Waals surface area contributed by atoms with Crippen LogP contribution in [0.4, 0.5) is 0 Å². The van der Waals surface area contributed by atoms with Crippen LogP contribution in [0.15, 0.2) is 35.9 Å². The third kappa shape index (κ3) is 3.40. The molecule has 0 saturated heterocycles. The molecule has 1 aromatic rings. The van der Waals surface area contributed by atoms with E-state index in [1.54, 1.807) is 11.0 Å². The lowest BCUT2D eigenvalue weighted by Gasteiger charge is -2.40. The zero-order chi connectivity index (χ0) is 19.8. The predicted octanol–water partition coefficient (Wildman–Crippen LogP) is 0.568. The Bertz CT molecular complexity index is 804. The van der Waals surface area contributed by atoms with Crippen molar-refractivity contribution in [1.82, 2.24) is 10.2 Å². The first-order chi connectivity index (χ1) is 13.5. The average molecular weight is 386 g/mol. The van der Waals surface area contributed by atoms with Gasteiger partial charge >= 0.3 is 0 Å². The molecule has 2 amide bonds. The number of fused-ring (bicyclic) bond motifs is 3. The summed E-state index contributed by atoms with van der Waals surface area (Å²) in [5.74, 6) is 0.258. The third-order valence-electron chi connectivity index (χ3n) is 5.79. The van der Waals surface area contributed by atoms with Gasteiger partial charge in [-0.3, -0.25) is 9.59 Å². The average Bonchev–Trinajstić information content (AvgIpc) is 3.42. The molecule has 3 N–H and O–H groups in total. The van der Waals surface area contributed by atoms with Crippen LogP contribution in [0.25, 0.3) is 0 Å². The number of para-hydroxylation sites is 1. The summed E-state index contributed by atoms with van der Waals surface area (Å²) in [7, 11) is 0. The molecule has 0 radical (unpaired) electrons. The van der Waals surface area contributed by atoms with Crippen LogP contribution in [0.5, 0.6) is 5.75 Å². The van der Waals surface area contributed by atoms with E-state index < -0.39 is 24.2 Å². The molecule has 1 aliphatic heterocycles. The quantitative estimate of drug-likeness (QED) is 0.664. The minimum absolute atomic E-state index is 0.128. The van der Waals surface area contributed by atoms with Crippen LogP contribution in [-0.2, 0) is 9.59 Å². The highest BCUT2D eigenvalue weighted by molar-refractivity contribution is 5.96. The number of aliphatic hydroxyl groups is 2. The largest absolute Gasteiger partial charge is 0.486 e. The number of carbonyl (C=O) groups is 2. The molecule has 0 aromatic heterocycles. The van der Waals surface area contributed by atoms with E-state index in [1.165, 1.54) is 6.92 Å². The maximum absolute atomic E-state index is 12.9. The van der Waals surface area contributed by atoms with E-state index in [1.807, 2.05) is 24.3 Å². The molecular formula is C21H26N2O5. The van der Waals surface area contributed by atoms with E-state index in [4.69, 9.17) is 9.84 Å². The van der Waals surface area contributed by atoms with Gasteiger partial charge in [0.25, 0.3) is 0 Å². The Balaban J connectivity index is 1.72. The van der Waals surface area contributed by atoms with Gasteiger partial charge in [-0.2, -0.15) is 0 Å². The highest BCUT2D eigenvalue weighted by atomic mass is 16.5. The lowest BCUT2D eigenvalue weighted by atomic mass is 9.77. The minimum Gasteiger partial charge on any atom is -0.486 e. The Labute approximate surface area is 164 Å². The number of aliphatic hydroxyl groups excluding tert-OH is 2. The molecule has 1 aromatic carbocycles. The van der Waals surface area contributed by atoms with Crippen molar-refractivity contribution in [3.8, 4) is 5.75 Å². The predicted molar refractivity (Wildman–Crippen MR) is 102 cm³/mol. The molecule has 1 fully saturated rings. The smallest absolute Gasteiger partial charge is 0.247 e. The molecule has 3 aliphatic rings. The SMILES string of the molecule is CC(=O)N(CC1CC1)[C@@H]1C=C(C(=O)NCCO)[C@@H]2c3ccccc3O[C@@H]2[C@H]1O. The van der Waals surface area contributed by atoms with Gasteiger partial charge in [0, 0.05) is 31.1 Å². The molecule has 0 unspecified atom stereocenters. The number of nitrogens with zero attached hydrogens (tertiary/aromatic N) is 1. The van der Waals surface area contributed by atoms with Crippen molar-refractivity contribution >= 4 is 11.8 Å². The number of benzene rings is 1. The normalized spacial score (nSPS) is 27.9. The standard InChI is InChI=1S/C21H26N2O5/c1-12(25)23(11-13-6-7-13)16-10-15(21(27)22-8-9-24)18-14-4-2-3-5-17(14)28-20(18)19(16)26/h2-5,10,13,16,18-20,24,26H,6-9,11H2,1H3,(H,22,27)/t16-,18+,19+,20+/m1/s1. The van der Waals surface area contributed by atoms with E-state index in [0.717, 1.165) is 18.4 Å². The van der Waals surface area contributed by atoms with Crippen LogP contribution in [0.3, 0.4) is 0 Å². The Morgan fingerprint density at radius 2 is 2.04 bits per heavy atom. The number of hydrogen-bond acceptors (Lipinski definition) is 5. The summed E-state index contributed by atoms with van der Waals surface area (Å²) in [6, 6.07) is 6.83. The first-order valence-corrected chi connectivity index (χ1v) is 9.83. The Morgan fingerprint density at radius 3 is 2.71 bits per heavy atom. The first-order valence-electron chi connectivity index (χ1n) is 9.83. The molecule has 150 valence electrons. The fraction of sp³-hybridized carbons (Fsp3) is 0.524. The fourth-order valence-corrected chi connectivity index (χ4v) is 4.23. The van der Waals surface area contributed by atoms with E-state index in [-0.39, 0.29) is 25.0 Å². The molecule has 1 heterocycles. The number of nitrogens with one attached hydrogen (secondary N) is 1. The van der Waals surface area contributed by atoms with Gasteiger partial charge in [0.05, 0.1) is 18.6 Å². The summed E-state index contributed by atoms with van der Waals surface area (Å²) in [5, 5.41) is 22.9. The van der Waals surface area contributed by atoms with Gasteiger partial charge in [-0.25, -0.2) is 0 Å². The van der Waals surface area contributed by atoms with Crippen LogP contribution in [0.1, 0.15) is 31.2 Å². The van der Waals surface area contributed by atoms with Crippen LogP contribution in [0.2, 0.25) is 0 Å². The summed E-state index contributed by atoms with van der Waals surface area (Å²) in [6.07, 6.45) is 2.30. The van der Waals surface area contributed by atoms with Gasteiger partial charge in [-0.05, 0) is 30.9 Å². The topological polar surface area (TPSA) is 99.1 Å². The number of amides is 2. The molecule has 0 bridgehead atoms.